The Morgan fingerprint density at radius 1 is 1.19 bits per heavy atom. The Balaban J connectivity index is 2.15. The number of piperazine rings is 1. The van der Waals surface area contributed by atoms with Crippen LogP contribution in [-0.4, -0.2) is 60.0 Å². The summed E-state index contributed by atoms with van der Waals surface area (Å²) in [6, 6.07) is 2.02. The molecule has 0 saturated carbocycles. The molecule has 6 nitrogen and oxygen atoms in total. The topological polar surface area (TPSA) is 52.6 Å². The van der Waals surface area contributed by atoms with E-state index in [0.29, 0.717) is 0 Å². The largest absolute Gasteiger partial charge is 0.353 e. The van der Waals surface area contributed by atoms with Crippen LogP contribution >= 0.6 is 0 Å². The summed E-state index contributed by atoms with van der Waals surface area (Å²) in [7, 11) is 0. The predicted octanol–water partition coefficient (Wildman–Crippen LogP) is 1.30. The van der Waals surface area contributed by atoms with E-state index in [-0.39, 0.29) is 5.91 Å². The Hall–Kier alpha value is -1.85. The van der Waals surface area contributed by atoms with E-state index in [1.54, 1.807) is 6.92 Å². The average Bonchev–Trinajstić information content (AvgIpc) is 2.48. The molecule has 1 fully saturated rings. The van der Waals surface area contributed by atoms with Gasteiger partial charge in [-0.3, -0.25) is 4.79 Å². The molecule has 0 unspecified atom stereocenters. The maximum absolute atomic E-state index is 11.4. The molecule has 116 valence electrons. The van der Waals surface area contributed by atoms with E-state index in [1.165, 1.54) is 0 Å². The van der Waals surface area contributed by atoms with Gasteiger partial charge in [-0.15, -0.1) is 0 Å². The van der Waals surface area contributed by atoms with Crippen LogP contribution in [0, 0.1) is 6.92 Å². The van der Waals surface area contributed by atoms with Crippen molar-refractivity contribution in [2.75, 3.05) is 49.1 Å². The van der Waals surface area contributed by atoms with Gasteiger partial charge in [-0.1, -0.05) is 0 Å². The highest BCUT2D eigenvalue weighted by atomic mass is 16.2. The van der Waals surface area contributed by atoms with Crippen molar-refractivity contribution in [3.63, 3.8) is 0 Å². The van der Waals surface area contributed by atoms with Gasteiger partial charge in [-0.2, -0.15) is 4.98 Å². The quantitative estimate of drug-likeness (QED) is 0.837. The van der Waals surface area contributed by atoms with E-state index >= 15 is 0 Å². The minimum absolute atomic E-state index is 0.150. The lowest BCUT2D eigenvalue weighted by molar-refractivity contribution is -0.129. The first-order chi connectivity index (χ1) is 10.0. The second kappa shape index (κ2) is 6.74. The zero-order valence-electron chi connectivity index (χ0n) is 13.5. The van der Waals surface area contributed by atoms with Crippen molar-refractivity contribution in [3.8, 4) is 0 Å². The number of aromatic nitrogens is 2. The van der Waals surface area contributed by atoms with Gasteiger partial charge in [0, 0.05) is 58.0 Å². The normalized spacial score (nSPS) is 15.2. The Bertz CT molecular complexity index is 493. The summed E-state index contributed by atoms with van der Waals surface area (Å²) in [5, 5.41) is 0. The SMILES string of the molecule is CCN(CC)c1nc(C)cc(N2CCN(C(C)=O)CC2)n1. The lowest BCUT2D eigenvalue weighted by atomic mass is 10.3. The van der Waals surface area contributed by atoms with Crippen LogP contribution in [-0.2, 0) is 4.79 Å². The molecule has 0 radical (unpaired) electrons. The van der Waals surface area contributed by atoms with Gasteiger partial charge in [0.1, 0.15) is 5.82 Å². The zero-order valence-corrected chi connectivity index (χ0v) is 13.5. The highest BCUT2D eigenvalue weighted by Gasteiger charge is 2.20. The van der Waals surface area contributed by atoms with Crippen molar-refractivity contribution in [1.29, 1.82) is 0 Å². The molecule has 0 spiro atoms. The number of hydrogen-bond acceptors (Lipinski definition) is 5. The first kappa shape index (κ1) is 15.5. The molecule has 1 aromatic heterocycles. The highest BCUT2D eigenvalue weighted by Crippen LogP contribution is 2.19. The minimum Gasteiger partial charge on any atom is -0.353 e. The standard InChI is InChI=1S/C15H25N5O/c1-5-18(6-2)15-16-12(3)11-14(17-15)20-9-7-19(8-10-20)13(4)21/h11H,5-10H2,1-4H3. The number of anilines is 2. The second-order valence-corrected chi connectivity index (χ2v) is 5.33. The van der Waals surface area contributed by atoms with Gasteiger partial charge in [0.25, 0.3) is 0 Å². The summed E-state index contributed by atoms with van der Waals surface area (Å²) in [6.07, 6.45) is 0. The highest BCUT2D eigenvalue weighted by molar-refractivity contribution is 5.73. The van der Waals surface area contributed by atoms with Crippen LogP contribution in [0.15, 0.2) is 6.07 Å². The van der Waals surface area contributed by atoms with Crippen molar-refractivity contribution in [2.45, 2.75) is 27.7 Å². The van der Waals surface area contributed by atoms with Gasteiger partial charge in [0.15, 0.2) is 0 Å². The van der Waals surface area contributed by atoms with E-state index < -0.39 is 0 Å². The molecule has 21 heavy (non-hydrogen) atoms. The Kier molecular flexibility index (Phi) is 4.98. The van der Waals surface area contributed by atoms with Crippen molar-refractivity contribution in [3.05, 3.63) is 11.8 Å². The molecular weight excluding hydrogens is 266 g/mol. The molecular formula is C15H25N5O. The van der Waals surface area contributed by atoms with Crippen LogP contribution < -0.4 is 9.80 Å². The lowest BCUT2D eigenvalue weighted by Gasteiger charge is -2.35. The fourth-order valence-electron chi connectivity index (χ4n) is 2.60. The number of amides is 1. The van der Waals surface area contributed by atoms with Crippen LogP contribution in [0.2, 0.25) is 0 Å². The predicted molar refractivity (Wildman–Crippen MR) is 84.8 cm³/mol. The molecule has 0 bridgehead atoms. The number of nitrogens with zero attached hydrogens (tertiary/aromatic N) is 5. The molecule has 2 rings (SSSR count). The van der Waals surface area contributed by atoms with Gasteiger partial charge in [-0.05, 0) is 20.8 Å². The molecule has 1 aliphatic heterocycles. The van der Waals surface area contributed by atoms with Crippen LogP contribution in [0.25, 0.3) is 0 Å². The Morgan fingerprint density at radius 3 is 2.33 bits per heavy atom. The Labute approximate surface area is 126 Å². The van der Waals surface area contributed by atoms with Crippen molar-refractivity contribution < 1.29 is 4.79 Å². The fourth-order valence-corrected chi connectivity index (χ4v) is 2.60. The van der Waals surface area contributed by atoms with Crippen LogP contribution in [0.4, 0.5) is 11.8 Å². The van der Waals surface area contributed by atoms with E-state index in [2.05, 4.69) is 28.6 Å². The van der Waals surface area contributed by atoms with E-state index in [0.717, 1.165) is 56.7 Å². The van der Waals surface area contributed by atoms with Gasteiger partial charge >= 0.3 is 0 Å². The lowest BCUT2D eigenvalue weighted by Crippen LogP contribution is -2.48. The number of aryl methyl sites for hydroxylation is 1. The van der Waals surface area contributed by atoms with Crippen LogP contribution in [0.1, 0.15) is 26.5 Å². The number of rotatable bonds is 4. The molecule has 6 heteroatoms. The molecule has 1 aromatic rings. The summed E-state index contributed by atoms with van der Waals surface area (Å²) < 4.78 is 0. The molecule has 1 amide bonds. The summed E-state index contributed by atoms with van der Waals surface area (Å²) >= 11 is 0. The fraction of sp³-hybridized carbons (Fsp3) is 0.667. The number of carbonyl (C=O) groups is 1. The molecule has 2 heterocycles. The zero-order chi connectivity index (χ0) is 15.4. The summed E-state index contributed by atoms with van der Waals surface area (Å²) in [6.45, 7) is 12.8. The molecule has 1 aliphatic rings. The minimum atomic E-state index is 0.150. The van der Waals surface area contributed by atoms with E-state index in [1.807, 2.05) is 17.9 Å². The molecule has 0 N–H and O–H groups in total. The maximum Gasteiger partial charge on any atom is 0.227 e. The number of hydrogen-bond donors (Lipinski definition) is 0. The monoisotopic (exact) mass is 291 g/mol. The summed E-state index contributed by atoms with van der Waals surface area (Å²) in [5.41, 5.74) is 0.982. The summed E-state index contributed by atoms with van der Waals surface area (Å²) in [5.74, 6) is 1.91. The second-order valence-electron chi connectivity index (χ2n) is 5.33. The van der Waals surface area contributed by atoms with E-state index in [9.17, 15) is 4.79 Å². The van der Waals surface area contributed by atoms with Crippen molar-refractivity contribution >= 4 is 17.7 Å². The van der Waals surface area contributed by atoms with E-state index in [4.69, 9.17) is 4.98 Å². The van der Waals surface area contributed by atoms with Crippen molar-refractivity contribution in [1.82, 2.24) is 14.9 Å². The molecule has 0 aliphatic carbocycles. The average molecular weight is 291 g/mol. The van der Waals surface area contributed by atoms with Crippen LogP contribution in [0.3, 0.4) is 0 Å². The first-order valence-electron chi connectivity index (χ1n) is 7.66. The third kappa shape index (κ3) is 3.62. The molecule has 0 aromatic carbocycles. The van der Waals surface area contributed by atoms with Gasteiger partial charge in [0.05, 0.1) is 0 Å². The van der Waals surface area contributed by atoms with Gasteiger partial charge < -0.3 is 14.7 Å². The first-order valence-corrected chi connectivity index (χ1v) is 7.66. The molecule has 1 saturated heterocycles. The summed E-state index contributed by atoms with van der Waals surface area (Å²) in [4.78, 5) is 26.9. The van der Waals surface area contributed by atoms with Crippen molar-refractivity contribution in [2.24, 2.45) is 0 Å². The Morgan fingerprint density at radius 2 is 1.81 bits per heavy atom. The van der Waals surface area contributed by atoms with Crippen LogP contribution in [0.5, 0.6) is 0 Å². The molecule has 0 atom stereocenters. The van der Waals surface area contributed by atoms with Gasteiger partial charge in [0.2, 0.25) is 11.9 Å². The smallest absolute Gasteiger partial charge is 0.227 e. The van der Waals surface area contributed by atoms with Gasteiger partial charge in [-0.25, -0.2) is 4.98 Å². The maximum atomic E-state index is 11.4. The third-order valence-corrected chi connectivity index (χ3v) is 3.92. The number of carbonyl (C=O) groups excluding carboxylic acids is 1. The third-order valence-electron chi connectivity index (χ3n) is 3.92.